The van der Waals surface area contributed by atoms with Crippen molar-refractivity contribution in [1.82, 2.24) is 9.88 Å². The van der Waals surface area contributed by atoms with Crippen LogP contribution in [0, 0.1) is 12.8 Å². The van der Waals surface area contributed by atoms with E-state index in [4.69, 9.17) is 14.5 Å². The molecule has 1 N–H and O–H groups in total. The Morgan fingerprint density at radius 2 is 1.84 bits per heavy atom. The molecule has 6 heteroatoms. The smallest absolute Gasteiger partial charge is 0.272 e. The molecule has 1 aromatic heterocycles. The van der Waals surface area contributed by atoms with Gasteiger partial charge in [-0.3, -0.25) is 4.79 Å². The predicted molar refractivity (Wildman–Crippen MR) is 124 cm³/mol. The maximum atomic E-state index is 13.3. The quantitative estimate of drug-likeness (QED) is 0.618. The predicted octanol–water partition coefficient (Wildman–Crippen LogP) is 5.18. The zero-order valence-electron chi connectivity index (χ0n) is 18.6. The maximum absolute atomic E-state index is 13.3. The summed E-state index contributed by atoms with van der Waals surface area (Å²) in [5.41, 5.74) is 4.03. The van der Waals surface area contributed by atoms with Crippen LogP contribution in [-0.4, -0.2) is 43.1 Å². The second-order valence-electron chi connectivity index (χ2n) is 8.30. The number of pyridine rings is 1. The Hall–Kier alpha value is -3.28. The van der Waals surface area contributed by atoms with E-state index in [0.717, 1.165) is 47.4 Å². The lowest BCUT2D eigenvalue weighted by molar-refractivity contribution is 0.0677. The molecule has 1 fully saturated rings. The van der Waals surface area contributed by atoms with Crippen LogP contribution in [0.3, 0.4) is 0 Å². The van der Waals surface area contributed by atoms with Gasteiger partial charge in [-0.25, -0.2) is 4.98 Å². The second kappa shape index (κ2) is 8.84. The zero-order chi connectivity index (χ0) is 22.0. The van der Waals surface area contributed by atoms with Crippen LogP contribution in [0.25, 0.3) is 10.9 Å². The number of nitrogens with one attached hydrogen (secondary N) is 1. The summed E-state index contributed by atoms with van der Waals surface area (Å²) in [6, 6.07) is 13.6. The van der Waals surface area contributed by atoms with Gasteiger partial charge in [0.25, 0.3) is 5.91 Å². The SMILES string of the molecule is COc1cc(Nc2cc(C(=O)N3CCCC(C)C3)nc3ccc(C)cc23)cc(OC)c1. The lowest BCUT2D eigenvalue weighted by Gasteiger charge is -2.30. The molecule has 1 amide bonds. The summed E-state index contributed by atoms with van der Waals surface area (Å²) in [4.78, 5) is 19.9. The first-order valence-corrected chi connectivity index (χ1v) is 10.7. The number of nitrogens with zero attached hydrogens (tertiary/aromatic N) is 2. The van der Waals surface area contributed by atoms with E-state index in [1.54, 1.807) is 14.2 Å². The van der Waals surface area contributed by atoms with Gasteiger partial charge in [-0.2, -0.15) is 0 Å². The highest BCUT2D eigenvalue weighted by Gasteiger charge is 2.24. The highest BCUT2D eigenvalue weighted by atomic mass is 16.5. The first-order chi connectivity index (χ1) is 15.0. The number of aromatic nitrogens is 1. The van der Waals surface area contributed by atoms with E-state index in [1.807, 2.05) is 48.2 Å². The average molecular weight is 420 g/mol. The van der Waals surface area contributed by atoms with E-state index in [0.29, 0.717) is 23.1 Å². The van der Waals surface area contributed by atoms with Gasteiger partial charge in [0.15, 0.2) is 0 Å². The summed E-state index contributed by atoms with van der Waals surface area (Å²) in [6.07, 6.45) is 2.20. The van der Waals surface area contributed by atoms with Crippen molar-refractivity contribution in [2.75, 3.05) is 32.6 Å². The third kappa shape index (κ3) is 4.58. The molecular weight excluding hydrogens is 390 g/mol. The number of likely N-dealkylation sites (tertiary alicyclic amines) is 1. The number of methoxy groups -OCH3 is 2. The molecule has 3 aromatic rings. The summed E-state index contributed by atoms with van der Waals surface area (Å²) in [6.45, 7) is 5.81. The number of aryl methyl sites for hydroxylation is 1. The third-order valence-electron chi connectivity index (χ3n) is 5.76. The molecule has 1 aliphatic heterocycles. The standard InChI is InChI=1S/C25H29N3O3/c1-16-7-8-22-21(10-16)23(26-18-11-19(30-3)13-20(12-18)31-4)14-24(27-22)25(29)28-9-5-6-17(2)15-28/h7-8,10-14,17H,5-6,9,15H2,1-4H3,(H,26,27). The minimum atomic E-state index is -0.0136. The summed E-state index contributed by atoms with van der Waals surface area (Å²) < 4.78 is 10.8. The molecule has 1 aliphatic rings. The number of rotatable bonds is 5. The monoisotopic (exact) mass is 419 g/mol. The molecule has 1 unspecified atom stereocenters. The van der Waals surface area contributed by atoms with Crippen molar-refractivity contribution < 1.29 is 14.3 Å². The Labute approximate surface area is 183 Å². The first-order valence-electron chi connectivity index (χ1n) is 10.7. The molecule has 0 bridgehead atoms. The summed E-state index contributed by atoms with van der Waals surface area (Å²) in [7, 11) is 3.25. The molecular formula is C25H29N3O3. The molecule has 1 saturated heterocycles. The Bertz CT molecular complexity index is 1090. The van der Waals surface area contributed by atoms with Gasteiger partial charge in [-0.15, -0.1) is 0 Å². The van der Waals surface area contributed by atoms with Gasteiger partial charge in [0.2, 0.25) is 0 Å². The maximum Gasteiger partial charge on any atom is 0.272 e. The van der Waals surface area contributed by atoms with Gasteiger partial charge in [-0.1, -0.05) is 18.6 Å². The van der Waals surface area contributed by atoms with E-state index in [1.165, 1.54) is 6.42 Å². The molecule has 0 aliphatic carbocycles. The zero-order valence-corrected chi connectivity index (χ0v) is 18.6. The fraction of sp³-hybridized carbons (Fsp3) is 0.360. The topological polar surface area (TPSA) is 63.7 Å². The molecule has 162 valence electrons. The Kier molecular flexibility index (Phi) is 5.98. The molecule has 2 heterocycles. The second-order valence-corrected chi connectivity index (χ2v) is 8.30. The van der Waals surface area contributed by atoms with Crippen molar-refractivity contribution in [2.24, 2.45) is 5.92 Å². The van der Waals surface area contributed by atoms with Crippen LogP contribution in [0.2, 0.25) is 0 Å². The van der Waals surface area contributed by atoms with Crippen molar-refractivity contribution in [3.63, 3.8) is 0 Å². The Morgan fingerprint density at radius 1 is 1.10 bits per heavy atom. The van der Waals surface area contributed by atoms with Crippen molar-refractivity contribution in [1.29, 1.82) is 0 Å². The van der Waals surface area contributed by atoms with Gasteiger partial charge in [-0.05, 0) is 43.9 Å². The number of fused-ring (bicyclic) bond motifs is 1. The van der Waals surface area contributed by atoms with Gasteiger partial charge in [0.05, 0.1) is 25.4 Å². The number of carbonyl (C=O) groups excluding carboxylic acids is 1. The number of hydrogen-bond donors (Lipinski definition) is 1. The van der Waals surface area contributed by atoms with Crippen molar-refractivity contribution in [2.45, 2.75) is 26.7 Å². The van der Waals surface area contributed by atoms with Gasteiger partial charge in [0.1, 0.15) is 17.2 Å². The molecule has 6 nitrogen and oxygen atoms in total. The van der Waals surface area contributed by atoms with Crippen LogP contribution < -0.4 is 14.8 Å². The molecule has 1 atom stereocenters. The average Bonchev–Trinajstić information content (AvgIpc) is 2.78. The minimum absolute atomic E-state index is 0.0136. The van der Waals surface area contributed by atoms with Gasteiger partial charge < -0.3 is 19.7 Å². The van der Waals surface area contributed by atoms with E-state index >= 15 is 0 Å². The molecule has 0 spiro atoms. The van der Waals surface area contributed by atoms with E-state index < -0.39 is 0 Å². The van der Waals surface area contributed by atoms with Crippen molar-refractivity contribution >= 4 is 28.2 Å². The minimum Gasteiger partial charge on any atom is -0.497 e. The number of anilines is 2. The Balaban J connectivity index is 1.76. The number of hydrogen-bond acceptors (Lipinski definition) is 5. The summed E-state index contributed by atoms with van der Waals surface area (Å²) in [5.74, 6) is 1.88. The largest absolute Gasteiger partial charge is 0.497 e. The normalized spacial score (nSPS) is 16.3. The highest BCUT2D eigenvalue weighted by Crippen LogP contribution is 2.32. The third-order valence-corrected chi connectivity index (χ3v) is 5.76. The van der Waals surface area contributed by atoms with Crippen LogP contribution in [0.4, 0.5) is 11.4 Å². The number of ether oxygens (including phenoxy) is 2. The molecule has 31 heavy (non-hydrogen) atoms. The van der Waals surface area contributed by atoms with E-state index in [2.05, 4.69) is 18.3 Å². The Morgan fingerprint density at radius 3 is 2.52 bits per heavy atom. The molecule has 2 aromatic carbocycles. The van der Waals surface area contributed by atoms with E-state index in [9.17, 15) is 4.79 Å². The fourth-order valence-corrected chi connectivity index (χ4v) is 4.12. The van der Waals surface area contributed by atoms with Crippen LogP contribution in [-0.2, 0) is 0 Å². The van der Waals surface area contributed by atoms with Crippen molar-refractivity contribution in [3.8, 4) is 11.5 Å². The fourth-order valence-electron chi connectivity index (χ4n) is 4.12. The number of benzene rings is 2. The lowest BCUT2D eigenvalue weighted by atomic mass is 10.00. The van der Waals surface area contributed by atoms with E-state index in [-0.39, 0.29) is 5.91 Å². The highest BCUT2D eigenvalue weighted by molar-refractivity contribution is 6.01. The number of piperidine rings is 1. The summed E-state index contributed by atoms with van der Waals surface area (Å²) >= 11 is 0. The van der Waals surface area contributed by atoms with Crippen LogP contribution in [0.5, 0.6) is 11.5 Å². The summed E-state index contributed by atoms with van der Waals surface area (Å²) in [5, 5.41) is 4.42. The van der Waals surface area contributed by atoms with Gasteiger partial charge in [0, 0.05) is 42.4 Å². The first kappa shape index (κ1) is 21.0. The van der Waals surface area contributed by atoms with Gasteiger partial charge >= 0.3 is 0 Å². The van der Waals surface area contributed by atoms with Crippen LogP contribution in [0.1, 0.15) is 35.8 Å². The number of amides is 1. The lowest BCUT2D eigenvalue weighted by Crippen LogP contribution is -2.39. The molecule has 0 radical (unpaired) electrons. The number of carbonyl (C=O) groups is 1. The molecule has 0 saturated carbocycles. The van der Waals surface area contributed by atoms with Crippen molar-refractivity contribution in [3.05, 3.63) is 53.7 Å². The van der Waals surface area contributed by atoms with Crippen LogP contribution in [0.15, 0.2) is 42.5 Å². The van der Waals surface area contributed by atoms with Crippen LogP contribution >= 0.6 is 0 Å². The molecule has 4 rings (SSSR count).